The van der Waals surface area contributed by atoms with Crippen LogP contribution in [0.4, 0.5) is 0 Å². The lowest BCUT2D eigenvalue weighted by Gasteiger charge is -2.22. The van der Waals surface area contributed by atoms with E-state index in [1.165, 1.54) is 16.7 Å². The second-order valence-corrected chi connectivity index (χ2v) is 8.13. The van der Waals surface area contributed by atoms with Crippen molar-refractivity contribution in [3.8, 4) is 0 Å². The van der Waals surface area contributed by atoms with E-state index in [1.807, 2.05) is 33.8 Å². The van der Waals surface area contributed by atoms with Crippen LogP contribution in [-0.2, 0) is 27.1 Å². The van der Waals surface area contributed by atoms with E-state index in [2.05, 4.69) is 43.5 Å². The highest BCUT2D eigenvalue weighted by atomic mass is 16.5. The van der Waals surface area contributed by atoms with Gasteiger partial charge in [0.1, 0.15) is 5.60 Å². The Morgan fingerprint density at radius 3 is 2.21 bits per heavy atom. The molecule has 0 aliphatic rings. The minimum Gasteiger partial charge on any atom is -0.494 e. The summed E-state index contributed by atoms with van der Waals surface area (Å²) >= 11 is 0. The largest absolute Gasteiger partial charge is 0.494 e. The number of hydrogen-bond acceptors (Lipinski definition) is 3. The number of rotatable bonds is 12. The summed E-state index contributed by atoms with van der Waals surface area (Å²) in [6.07, 6.45) is 8.98. The normalized spacial score (nSPS) is 12.5. The lowest BCUT2D eigenvalue weighted by Crippen LogP contribution is -2.18. The second-order valence-electron chi connectivity index (χ2n) is 8.13. The van der Waals surface area contributed by atoms with Crippen LogP contribution in [0.25, 0.3) is 0 Å². The Labute approximate surface area is 177 Å². The molecular formula is C26H38O3. The highest BCUT2D eigenvalue weighted by Crippen LogP contribution is 2.20. The molecule has 0 saturated carbocycles. The van der Waals surface area contributed by atoms with Crippen molar-refractivity contribution in [2.75, 3.05) is 14.2 Å². The topological polar surface area (TPSA) is 27.7 Å². The quantitative estimate of drug-likeness (QED) is 0.283. The molecule has 0 radical (unpaired) electrons. The first-order valence-corrected chi connectivity index (χ1v) is 10.3. The molecule has 0 spiro atoms. The Morgan fingerprint density at radius 2 is 1.66 bits per heavy atom. The molecule has 1 aromatic carbocycles. The number of benzene rings is 1. The van der Waals surface area contributed by atoms with Crippen LogP contribution in [0, 0.1) is 0 Å². The Bertz CT molecular complexity index is 733. The number of allylic oxidation sites excluding steroid dienone is 4. The lowest BCUT2D eigenvalue weighted by atomic mass is 10.00. The number of aryl methyl sites for hydroxylation is 2. The van der Waals surface area contributed by atoms with E-state index in [1.54, 1.807) is 14.2 Å². The molecule has 0 fully saturated rings. The van der Waals surface area contributed by atoms with Gasteiger partial charge in [0.2, 0.25) is 0 Å². The number of ether oxygens (including phenoxy) is 3. The van der Waals surface area contributed by atoms with E-state index in [0.29, 0.717) is 11.5 Å². The molecule has 0 atom stereocenters. The fourth-order valence-corrected chi connectivity index (χ4v) is 3.03. The van der Waals surface area contributed by atoms with Crippen molar-refractivity contribution < 1.29 is 14.2 Å². The number of methoxy groups -OCH3 is 2. The van der Waals surface area contributed by atoms with Crippen molar-refractivity contribution in [1.29, 1.82) is 0 Å². The molecule has 0 bridgehead atoms. The summed E-state index contributed by atoms with van der Waals surface area (Å²) in [6.45, 7) is 16.1. The summed E-state index contributed by atoms with van der Waals surface area (Å²) in [5.74, 6) is 2.05. The fraction of sp³-hybridized carbons (Fsp3) is 0.462. The molecule has 3 nitrogen and oxygen atoms in total. The van der Waals surface area contributed by atoms with Crippen LogP contribution >= 0.6 is 0 Å². The zero-order chi connectivity index (χ0) is 21.9. The highest BCUT2D eigenvalue weighted by molar-refractivity contribution is 5.29. The van der Waals surface area contributed by atoms with Gasteiger partial charge in [0.05, 0.1) is 20.0 Å². The molecular weight excluding hydrogens is 360 g/mol. The summed E-state index contributed by atoms with van der Waals surface area (Å²) in [6, 6.07) is 8.81. The van der Waals surface area contributed by atoms with E-state index < -0.39 is 0 Å². The molecule has 0 unspecified atom stereocenters. The van der Waals surface area contributed by atoms with Crippen molar-refractivity contribution in [1.82, 2.24) is 0 Å². The van der Waals surface area contributed by atoms with Crippen LogP contribution in [0.3, 0.4) is 0 Å². The van der Waals surface area contributed by atoms with Crippen molar-refractivity contribution in [2.45, 2.75) is 65.4 Å². The first-order chi connectivity index (χ1) is 13.7. The summed E-state index contributed by atoms with van der Waals surface area (Å²) < 4.78 is 16.4. The average molecular weight is 399 g/mol. The predicted molar refractivity (Wildman–Crippen MR) is 123 cm³/mol. The molecule has 0 saturated heterocycles. The molecule has 160 valence electrons. The molecule has 1 rings (SSSR count). The van der Waals surface area contributed by atoms with Gasteiger partial charge < -0.3 is 14.2 Å². The van der Waals surface area contributed by atoms with E-state index in [-0.39, 0.29) is 5.60 Å². The number of hydrogen-bond donors (Lipinski definition) is 0. The molecule has 0 N–H and O–H groups in total. The standard InChI is InChI=1S/C26H38O3/c1-9-22(19-25(28-8)21(3)27-7)12-10-13-23-14-11-15-24(18-23)17-16-20(2)29-26(4,5)6/h9,11,14-15,18-19H,2-3,10,12-13,16-17H2,1,4-8H3/b22-9-,25-19+. The van der Waals surface area contributed by atoms with E-state index >= 15 is 0 Å². The average Bonchev–Trinajstić information content (AvgIpc) is 2.67. The Hall–Kier alpha value is -2.42. The molecule has 0 heterocycles. The zero-order valence-electron chi connectivity index (χ0n) is 19.1. The van der Waals surface area contributed by atoms with Crippen molar-refractivity contribution in [2.24, 2.45) is 0 Å². The van der Waals surface area contributed by atoms with Gasteiger partial charge in [-0.15, -0.1) is 0 Å². The van der Waals surface area contributed by atoms with Crippen LogP contribution in [0.1, 0.15) is 58.1 Å². The van der Waals surface area contributed by atoms with Gasteiger partial charge in [-0.3, -0.25) is 0 Å². The smallest absolute Gasteiger partial charge is 0.160 e. The van der Waals surface area contributed by atoms with Crippen LogP contribution in [0.5, 0.6) is 0 Å². The van der Waals surface area contributed by atoms with Crippen LogP contribution in [-0.4, -0.2) is 19.8 Å². The highest BCUT2D eigenvalue weighted by Gasteiger charge is 2.12. The van der Waals surface area contributed by atoms with Gasteiger partial charge in [-0.05, 0) is 76.2 Å². The van der Waals surface area contributed by atoms with Gasteiger partial charge in [-0.25, -0.2) is 0 Å². The molecule has 0 aliphatic heterocycles. The van der Waals surface area contributed by atoms with Gasteiger partial charge in [0.15, 0.2) is 11.5 Å². The fourth-order valence-electron chi connectivity index (χ4n) is 3.03. The van der Waals surface area contributed by atoms with Crippen LogP contribution in [0.15, 0.2) is 72.4 Å². The zero-order valence-corrected chi connectivity index (χ0v) is 19.1. The molecule has 29 heavy (non-hydrogen) atoms. The summed E-state index contributed by atoms with van der Waals surface area (Å²) in [7, 11) is 3.23. The van der Waals surface area contributed by atoms with Gasteiger partial charge >= 0.3 is 0 Å². The lowest BCUT2D eigenvalue weighted by molar-refractivity contribution is 0.0480. The van der Waals surface area contributed by atoms with E-state index in [9.17, 15) is 0 Å². The molecule has 1 aromatic rings. The second kappa shape index (κ2) is 12.2. The van der Waals surface area contributed by atoms with Gasteiger partial charge in [0.25, 0.3) is 0 Å². The SMILES string of the molecule is C=C(CCc1cccc(CCCC(=C/C)/C=C(/OC)C(=C)OC)c1)OC(C)(C)C. The molecule has 0 aliphatic carbocycles. The van der Waals surface area contributed by atoms with Gasteiger partial charge in [0, 0.05) is 6.42 Å². The minimum absolute atomic E-state index is 0.184. The maximum Gasteiger partial charge on any atom is 0.160 e. The Balaban J connectivity index is 2.58. The third kappa shape index (κ3) is 10.1. The maximum absolute atomic E-state index is 5.83. The Morgan fingerprint density at radius 1 is 1.00 bits per heavy atom. The molecule has 0 aromatic heterocycles. The maximum atomic E-state index is 5.83. The monoisotopic (exact) mass is 398 g/mol. The summed E-state index contributed by atoms with van der Waals surface area (Å²) in [5.41, 5.74) is 3.71. The third-order valence-corrected chi connectivity index (χ3v) is 4.49. The molecule has 3 heteroatoms. The molecule has 0 amide bonds. The van der Waals surface area contributed by atoms with E-state index in [4.69, 9.17) is 14.2 Å². The van der Waals surface area contributed by atoms with Gasteiger partial charge in [-0.1, -0.05) is 43.5 Å². The van der Waals surface area contributed by atoms with Crippen molar-refractivity contribution in [3.63, 3.8) is 0 Å². The summed E-state index contributed by atoms with van der Waals surface area (Å²) in [4.78, 5) is 0. The van der Waals surface area contributed by atoms with Crippen LogP contribution < -0.4 is 0 Å². The third-order valence-electron chi connectivity index (χ3n) is 4.49. The van der Waals surface area contributed by atoms with Crippen molar-refractivity contribution in [3.05, 3.63) is 83.6 Å². The first-order valence-electron chi connectivity index (χ1n) is 10.3. The van der Waals surface area contributed by atoms with Crippen LogP contribution in [0.2, 0.25) is 0 Å². The first kappa shape index (κ1) is 24.6. The summed E-state index contributed by atoms with van der Waals surface area (Å²) in [5, 5.41) is 0. The van der Waals surface area contributed by atoms with Crippen molar-refractivity contribution >= 4 is 0 Å². The van der Waals surface area contributed by atoms with Gasteiger partial charge in [-0.2, -0.15) is 0 Å². The Kier molecular flexibility index (Phi) is 10.4. The van der Waals surface area contributed by atoms with E-state index in [0.717, 1.165) is 37.9 Å². The minimum atomic E-state index is -0.184. The predicted octanol–water partition coefficient (Wildman–Crippen LogP) is 6.91.